The molecule has 0 saturated carbocycles. The van der Waals surface area contributed by atoms with Gasteiger partial charge in [-0.15, -0.1) is 11.8 Å². The van der Waals surface area contributed by atoms with Gasteiger partial charge < -0.3 is 11.5 Å². The van der Waals surface area contributed by atoms with Crippen LogP contribution in [0, 0.1) is 11.3 Å². The molecule has 19 heavy (non-hydrogen) atoms. The molecule has 0 saturated heterocycles. The van der Waals surface area contributed by atoms with Gasteiger partial charge in [0.05, 0.1) is 5.69 Å². The molecule has 1 aromatic heterocycles. The Kier molecular flexibility index (Phi) is 4.15. The quantitative estimate of drug-likeness (QED) is 0.848. The predicted octanol–water partition coefficient (Wildman–Crippen LogP) is 3.06. The van der Waals surface area contributed by atoms with Crippen molar-refractivity contribution in [2.45, 2.75) is 10.8 Å². The van der Waals surface area contributed by atoms with Crippen molar-refractivity contribution in [3.63, 3.8) is 0 Å². The first-order chi connectivity index (χ1) is 9.10. The Morgan fingerprint density at radius 1 is 1.32 bits per heavy atom. The fourth-order valence-corrected chi connectivity index (χ4v) is 2.73. The summed E-state index contributed by atoms with van der Waals surface area (Å²) in [4.78, 5) is 4.15. The number of hydrogen-bond donors (Lipinski definition) is 2. The fourth-order valence-electron chi connectivity index (χ4n) is 1.56. The van der Waals surface area contributed by atoms with Gasteiger partial charge in [-0.25, -0.2) is 4.98 Å². The number of anilines is 2. The van der Waals surface area contributed by atoms with E-state index in [1.54, 1.807) is 0 Å². The van der Waals surface area contributed by atoms with Gasteiger partial charge in [0.2, 0.25) is 0 Å². The third kappa shape index (κ3) is 3.31. The number of rotatable bonds is 3. The normalized spacial score (nSPS) is 10.1. The molecule has 0 aliphatic heterocycles. The zero-order valence-electron chi connectivity index (χ0n) is 9.93. The second-order valence-electron chi connectivity index (χ2n) is 3.85. The highest BCUT2D eigenvalue weighted by atomic mass is 35.5. The lowest BCUT2D eigenvalue weighted by Gasteiger charge is -2.07. The molecule has 96 valence electrons. The van der Waals surface area contributed by atoms with Crippen molar-refractivity contribution in [2.24, 2.45) is 0 Å². The molecule has 4 nitrogen and oxygen atoms in total. The molecule has 0 unspecified atom stereocenters. The van der Waals surface area contributed by atoms with E-state index in [0.29, 0.717) is 32.9 Å². The van der Waals surface area contributed by atoms with E-state index in [2.05, 4.69) is 4.98 Å². The molecule has 0 aliphatic carbocycles. The number of pyridine rings is 1. The maximum atomic E-state index is 9.09. The van der Waals surface area contributed by atoms with Gasteiger partial charge in [0.15, 0.2) is 0 Å². The van der Waals surface area contributed by atoms with Crippen molar-refractivity contribution in [1.29, 1.82) is 5.26 Å². The Morgan fingerprint density at radius 2 is 2.11 bits per heavy atom. The zero-order chi connectivity index (χ0) is 13.8. The minimum absolute atomic E-state index is 0.310. The lowest BCUT2D eigenvalue weighted by atomic mass is 10.2. The summed E-state index contributed by atoms with van der Waals surface area (Å²) in [5.74, 6) is 0.954. The number of benzene rings is 1. The number of nitrogens with zero attached hydrogens (tertiary/aromatic N) is 2. The third-order valence-corrected chi connectivity index (χ3v) is 3.69. The van der Waals surface area contributed by atoms with Crippen LogP contribution < -0.4 is 11.5 Å². The van der Waals surface area contributed by atoms with Gasteiger partial charge in [-0.05, 0) is 17.7 Å². The molecule has 0 spiro atoms. The van der Waals surface area contributed by atoms with Crippen LogP contribution in [0.4, 0.5) is 11.5 Å². The number of halogens is 1. The monoisotopic (exact) mass is 290 g/mol. The maximum Gasteiger partial charge on any atom is 0.126 e. The summed E-state index contributed by atoms with van der Waals surface area (Å²) in [7, 11) is 0. The van der Waals surface area contributed by atoms with Crippen molar-refractivity contribution in [3.05, 3.63) is 46.5 Å². The molecule has 0 bridgehead atoms. The average Bonchev–Trinajstić information content (AvgIpc) is 2.36. The molecule has 0 amide bonds. The molecule has 2 rings (SSSR count). The standard InChI is InChI=1S/C13H11ClN4S/c14-9-3-1-2-8(4-9)7-19-13-10(6-15)11(16)5-12(17)18-13/h1-5H,7H2,(H4,16,17,18). The average molecular weight is 291 g/mol. The van der Waals surface area contributed by atoms with Crippen molar-refractivity contribution in [1.82, 2.24) is 4.98 Å². The van der Waals surface area contributed by atoms with E-state index in [4.69, 9.17) is 28.3 Å². The Bertz CT molecular complexity index is 652. The Balaban J connectivity index is 2.22. The second-order valence-corrected chi connectivity index (χ2v) is 5.25. The summed E-state index contributed by atoms with van der Waals surface area (Å²) in [6.45, 7) is 0. The van der Waals surface area contributed by atoms with Gasteiger partial charge in [-0.1, -0.05) is 23.7 Å². The van der Waals surface area contributed by atoms with Gasteiger partial charge in [0.1, 0.15) is 22.5 Å². The number of hydrogen-bond acceptors (Lipinski definition) is 5. The molecular weight excluding hydrogens is 280 g/mol. The third-order valence-electron chi connectivity index (χ3n) is 2.41. The molecular formula is C13H11ClN4S. The van der Waals surface area contributed by atoms with Crippen LogP contribution in [-0.2, 0) is 5.75 Å². The first kappa shape index (κ1) is 13.5. The summed E-state index contributed by atoms with van der Waals surface area (Å²) in [6.07, 6.45) is 0. The molecule has 0 fully saturated rings. The maximum absolute atomic E-state index is 9.09. The highest BCUT2D eigenvalue weighted by molar-refractivity contribution is 7.98. The van der Waals surface area contributed by atoms with Crippen LogP contribution in [0.5, 0.6) is 0 Å². The van der Waals surface area contributed by atoms with Crippen LogP contribution in [0.25, 0.3) is 0 Å². The first-order valence-electron chi connectivity index (χ1n) is 5.43. The van der Waals surface area contributed by atoms with Crippen molar-refractivity contribution < 1.29 is 0 Å². The number of nitrogens with two attached hydrogens (primary N) is 2. The summed E-state index contributed by atoms with van der Waals surface area (Å²) >= 11 is 7.33. The van der Waals surface area contributed by atoms with E-state index in [0.717, 1.165) is 5.56 Å². The van der Waals surface area contributed by atoms with E-state index in [1.807, 2.05) is 30.3 Å². The van der Waals surface area contributed by atoms with Crippen LogP contribution in [0.15, 0.2) is 35.4 Å². The summed E-state index contributed by atoms with van der Waals surface area (Å²) in [5, 5.41) is 10.3. The fraction of sp³-hybridized carbons (Fsp3) is 0.0769. The molecule has 0 radical (unpaired) electrons. The van der Waals surface area contributed by atoms with Crippen LogP contribution in [-0.4, -0.2) is 4.98 Å². The van der Waals surface area contributed by atoms with Gasteiger partial charge >= 0.3 is 0 Å². The number of nitrogen functional groups attached to an aromatic ring is 2. The van der Waals surface area contributed by atoms with E-state index < -0.39 is 0 Å². The summed E-state index contributed by atoms with van der Waals surface area (Å²) in [6, 6.07) is 11.1. The van der Waals surface area contributed by atoms with E-state index >= 15 is 0 Å². The molecule has 0 aliphatic rings. The van der Waals surface area contributed by atoms with E-state index in [-0.39, 0.29) is 0 Å². The topological polar surface area (TPSA) is 88.7 Å². The largest absolute Gasteiger partial charge is 0.397 e. The summed E-state index contributed by atoms with van der Waals surface area (Å²) in [5.41, 5.74) is 13.1. The van der Waals surface area contributed by atoms with Crippen LogP contribution in [0.2, 0.25) is 5.02 Å². The number of aromatic nitrogens is 1. The van der Waals surface area contributed by atoms with Crippen molar-refractivity contribution in [3.8, 4) is 6.07 Å². The minimum Gasteiger partial charge on any atom is -0.397 e. The zero-order valence-corrected chi connectivity index (χ0v) is 11.5. The lowest BCUT2D eigenvalue weighted by Crippen LogP contribution is -2.00. The Labute approximate surface area is 120 Å². The van der Waals surface area contributed by atoms with Crippen LogP contribution >= 0.6 is 23.4 Å². The van der Waals surface area contributed by atoms with Crippen molar-refractivity contribution >= 4 is 34.9 Å². The SMILES string of the molecule is N#Cc1c(N)cc(N)nc1SCc1cccc(Cl)c1. The Morgan fingerprint density at radius 3 is 2.79 bits per heavy atom. The van der Waals surface area contributed by atoms with E-state index in [9.17, 15) is 0 Å². The minimum atomic E-state index is 0.310. The highest BCUT2D eigenvalue weighted by Crippen LogP contribution is 2.29. The smallest absolute Gasteiger partial charge is 0.126 e. The van der Waals surface area contributed by atoms with Crippen LogP contribution in [0.1, 0.15) is 11.1 Å². The molecule has 4 N–H and O–H groups in total. The number of nitriles is 1. The van der Waals surface area contributed by atoms with E-state index in [1.165, 1.54) is 17.8 Å². The van der Waals surface area contributed by atoms with Crippen LogP contribution in [0.3, 0.4) is 0 Å². The van der Waals surface area contributed by atoms with Gasteiger partial charge in [-0.2, -0.15) is 5.26 Å². The molecule has 6 heteroatoms. The second kappa shape index (κ2) is 5.83. The Hall–Kier alpha value is -1.90. The van der Waals surface area contributed by atoms with Gasteiger partial charge in [0, 0.05) is 16.8 Å². The molecule has 1 aromatic carbocycles. The number of thioether (sulfide) groups is 1. The van der Waals surface area contributed by atoms with Gasteiger partial charge in [0.25, 0.3) is 0 Å². The van der Waals surface area contributed by atoms with Gasteiger partial charge in [-0.3, -0.25) is 0 Å². The first-order valence-corrected chi connectivity index (χ1v) is 6.80. The molecule has 2 aromatic rings. The predicted molar refractivity (Wildman–Crippen MR) is 78.8 cm³/mol. The highest BCUT2D eigenvalue weighted by Gasteiger charge is 2.10. The molecule has 1 heterocycles. The lowest BCUT2D eigenvalue weighted by molar-refractivity contribution is 1.12. The van der Waals surface area contributed by atoms with Crippen molar-refractivity contribution in [2.75, 3.05) is 11.5 Å². The molecule has 0 atom stereocenters. The summed E-state index contributed by atoms with van der Waals surface area (Å²) < 4.78 is 0.